The van der Waals surface area contributed by atoms with Crippen LogP contribution in [0.4, 0.5) is 9.59 Å². The van der Waals surface area contributed by atoms with E-state index in [0.29, 0.717) is 25.6 Å². The van der Waals surface area contributed by atoms with E-state index in [9.17, 15) is 9.59 Å². The van der Waals surface area contributed by atoms with Crippen LogP contribution in [0.2, 0.25) is 0 Å². The summed E-state index contributed by atoms with van der Waals surface area (Å²) < 4.78 is 16.5. The number of nitrogens with zero attached hydrogens (tertiary/aromatic N) is 1. The van der Waals surface area contributed by atoms with Gasteiger partial charge in [-0.1, -0.05) is 42.5 Å². The van der Waals surface area contributed by atoms with Gasteiger partial charge in [0.25, 0.3) is 0 Å². The van der Waals surface area contributed by atoms with Crippen molar-refractivity contribution in [2.24, 2.45) is 5.92 Å². The molecule has 2 aromatic rings. The number of hydrogen-bond acceptors (Lipinski definition) is 5. The Morgan fingerprint density at radius 3 is 2.34 bits per heavy atom. The quantitative estimate of drug-likeness (QED) is 0.661. The van der Waals surface area contributed by atoms with E-state index in [4.69, 9.17) is 14.2 Å². The number of rotatable bonds is 7. The maximum absolute atomic E-state index is 12.0. The third-order valence-corrected chi connectivity index (χ3v) is 5.02. The highest BCUT2D eigenvalue weighted by Gasteiger charge is 2.34. The van der Waals surface area contributed by atoms with Crippen LogP contribution in [0, 0.1) is 5.92 Å². The second-order valence-corrected chi connectivity index (χ2v) is 9.06. The average Bonchev–Trinajstić information content (AvgIpc) is 2.71. The Hall–Kier alpha value is -3.22. The Labute approximate surface area is 189 Å². The number of amides is 2. The Morgan fingerprint density at radius 1 is 1.06 bits per heavy atom. The van der Waals surface area contributed by atoms with Gasteiger partial charge in [-0.2, -0.15) is 0 Å². The minimum atomic E-state index is -0.481. The molecule has 0 radical (unpaired) electrons. The molecule has 1 atom stereocenters. The summed E-state index contributed by atoms with van der Waals surface area (Å²) in [6, 6.07) is 17.0. The molecule has 2 aromatic carbocycles. The van der Waals surface area contributed by atoms with Crippen molar-refractivity contribution < 1.29 is 23.8 Å². The van der Waals surface area contributed by atoms with Crippen LogP contribution in [-0.2, 0) is 16.1 Å². The average molecular weight is 441 g/mol. The molecule has 1 aliphatic rings. The van der Waals surface area contributed by atoms with Crippen LogP contribution in [0.5, 0.6) is 5.75 Å². The van der Waals surface area contributed by atoms with Gasteiger partial charge >= 0.3 is 12.2 Å². The zero-order valence-corrected chi connectivity index (χ0v) is 19.2. The van der Waals surface area contributed by atoms with Gasteiger partial charge in [-0.25, -0.2) is 9.59 Å². The summed E-state index contributed by atoms with van der Waals surface area (Å²) in [5.74, 6) is 1.05. The predicted molar refractivity (Wildman–Crippen MR) is 121 cm³/mol. The van der Waals surface area contributed by atoms with E-state index >= 15 is 0 Å². The monoisotopic (exact) mass is 440 g/mol. The second-order valence-electron chi connectivity index (χ2n) is 9.06. The van der Waals surface area contributed by atoms with Crippen molar-refractivity contribution in [3.63, 3.8) is 0 Å². The van der Waals surface area contributed by atoms with Crippen molar-refractivity contribution in [1.29, 1.82) is 0 Å². The number of benzene rings is 2. The van der Waals surface area contributed by atoms with E-state index < -0.39 is 11.7 Å². The SMILES string of the molecule is CC(NC(=O)OCc1ccccc1)c1ccc(OCC2CN(C(=O)OC(C)(C)C)C2)cc1. The van der Waals surface area contributed by atoms with Gasteiger partial charge < -0.3 is 24.4 Å². The third kappa shape index (κ3) is 7.18. The van der Waals surface area contributed by atoms with Crippen LogP contribution in [0.3, 0.4) is 0 Å². The summed E-state index contributed by atoms with van der Waals surface area (Å²) >= 11 is 0. The summed E-state index contributed by atoms with van der Waals surface area (Å²) in [5.41, 5.74) is 1.41. The maximum Gasteiger partial charge on any atom is 0.410 e. The topological polar surface area (TPSA) is 77.1 Å². The fraction of sp³-hybridized carbons (Fsp3) is 0.440. The van der Waals surface area contributed by atoms with Gasteiger partial charge in [-0.3, -0.25) is 0 Å². The van der Waals surface area contributed by atoms with E-state index in [2.05, 4.69) is 5.32 Å². The normalized spacial score (nSPS) is 14.8. The smallest absolute Gasteiger partial charge is 0.410 e. The second kappa shape index (κ2) is 10.4. The van der Waals surface area contributed by atoms with Crippen LogP contribution in [-0.4, -0.2) is 42.4 Å². The lowest BCUT2D eigenvalue weighted by Crippen LogP contribution is -2.53. The number of ether oxygens (including phenoxy) is 3. The van der Waals surface area contributed by atoms with E-state index in [1.807, 2.05) is 82.3 Å². The lowest BCUT2D eigenvalue weighted by Gasteiger charge is -2.39. The molecule has 0 saturated carbocycles. The lowest BCUT2D eigenvalue weighted by atomic mass is 10.0. The van der Waals surface area contributed by atoms with Crippen LogP contribution >= 0.6 is 0 Å². The van der Waals surface area contributed by atoms with Crippen molar-refractivity contribution in [3.8, 4) is 5.75 Å². The standard InChI is InChI=1S/C25H32N2O5/c1-18(26-23(28)31-16-19-8-6-5-7-9-19)21-10-12-22(13-11-21)30-17-20-14-27(15-20)24(29)32-25(2,3)4/h5-13,18,20H,14-17H2,1-4H3,(H,26,28). The molecular weight excluding hydrogens is 408 g/mol. The van der Waals surface area contributed by atoms with Crippen molar-refractivity contribution in [2.75, 3.05) is 19.7 Å². The molecule has 7 nitrogen and oxygen atoms in total. The lowest BCUT2D eigenvalue weighted by molar-refractivity contribution is -0.00781. The number of likely N-dealkylation sites (tertiary alicyclic amines) is 1. The Balaban J connectivity index is 1.36. The Bertz CT molecular complexity index is 887. The molecule has 0 bridgehead atoms. The van der Waals surface area contributed by atoms with Crippen LogP contribution < -0.4 is 10.1 Å². The van der Waals surface area contributed by atoms with E-state index in [1.54, 1.807) is 4.90 Å². The molecule has 1 N–H and O–H groups in total. The van der Waals surface area contributed by atoms with Crippen LogP contribution in [0.25, 0.3) is 0 Å². The molecule has 2 amide bonds. The minimum absolute atomic E-state index is 0.193. The third-order valence-electron chi connectivity index (χ3n) is 5.02. The first-order chi connectivity index (χ1) is 15.2. The highest BCUT2D eigenvalue weighted by molar-refractivity contribution is 5.69. The van der Waals surface area contributed by atoms with Gasteiger partial charge in [0.1, 0.15) is 18.0 Å². The molecule has 172 valence electrons. The van der Waals surface area contributed by atoms with Crippen molar-refractivity contribution in [1.82, 2.24) is 10.2 Å². The molecule has 1 aliphatic heterocycles. The fourth-order valence-corrected chi connectivity index (χ4v) is 3.24. The molecule has 1 fully saturated rings. The predicted octanol–water partition coefficient (Wildman–Crippen LogP) is 4.92. The van der Waals surface area contributed by atoms with Gasteiger partial charge in [0.05, 0.1) is 12.6 Å². The summed E-state index contributed by atoms with van der Waals surface area (Å²) in [6.45, 7) is 9.53. The highest BCUT2D eigenvalue weighted by Crippen LogP contribution is 2.22. The number of hydrogen-bond donors (Lipinski definition) is 1. The molecule has 0 aliphatic carbocycles. The molecule has 1 saturated heterocycles. The van der Waals surface area contributed by atoms with Crippen molar-refractivity contribution in [3.05, 3.63) is 65.7 Å². The number of alkyl carbamates (subject to hydrolysis) is 1. The first-order valence-electron chi connectivity index (χ1n) is 10.9. The van der Waals surface area contributed by atoms with Gasteiger partial charge in [-0.15, -0.1) is 0 Å². The molecule has 1 heterocycles. The zero-order valence-electron chi connectivity index (χ0n) is 19.2. The number of carbonyl (C=O) groups excluding carboxylic acids is 2. The van der Waals surface area contributed by atoms with Gasteiger partial charge in [0, 0.05) is 19.0 Å². The van der Waals surface area contributed by atoms with E-state index in [1.165, 1.54) is 0 Å². The minimum Gasteiger partial charge on any atom is -0.493 e. The number of nitrogens with one attached hydrogen (secondary N) is 1. The summed E-state index contributed by atoms with van der Waals surface area (Å²) in [4.78, 5) is 25.7. The van der Waals surface area contributed by atoms with Gasteiger partial charge in [-0.05, 0) is 51.0 Å². The first-order valence-corrected chi connectivity index (χ1v) is 10.9. The van der Waals surface area contributed by atoms with Gasteiger partial charge in [0.15, 0.2) is 0 Å². The molecule has 32 heavy (non-hydrogen) atoms. The summed E-state index contributed by atoms with van der Waals surface area (Å²) in [6.07, 6.45) is -0.733. The zero-order chi connectivity index (χ0) is 23.1. The van der Waals surface area contributed by atoms with E-state index in [0.717, 1.165) is 16.9 Å². The van der Waals surface area contributed by atoms with Crippen LogP contribution in [0.1, 0.15) is 44.9 Å². The number of carbonyl (C=O) groups is 2. The highest BCUT2D eigenvalue weighted by atomic mass is 16.6. The summed E-state index contributed by atoms with van der Waals surface area (Å²) in [5, 5.41) is 2.83. The molecule has 3 rings (SSSR count). The van der Waals surface area contributed by atoms with Crippen molar-refractivity contribution in [2.45, 2.75) is 45.9 Å². The molecule has 0 aromatic heterocycles. The molecule has 1 unspecified atom stereocenters. The van der Waals surface area contributed by atoms with Gasteiger partial charge in [0.2, 0.25) is 0 Å². The van der Waals surface area contributed by atoms with Crippen LogP contribution in [0.15, 0.2) is 54.6 Å². The summed E-state index contributed by atoms with van der Waals surface area (Å²) in [7, 11) is 0. The largest absolute Gasteiger partial charge is 0.493 e. The first kappa shape index (κ1) is 23.4. The molecule has 0 spiro atoms. The molecular formula is C25H32N2O5. The fourth-order valence-electron chi connectivity index (χ4n) is 3.24. The maximum atomic E-state index is 12.0. The molecule has 7 heteroatoms. The van der Waals surface area contributed by atoms with Crippen molar-refractivity contribution >= 4 is 12.2 Å². The Morgan fingerprint density at radius 2 is 1.72 bits per heavy atom. The van der Waals surface area contributed by atoms with E-state index in [-0.39, 0.29) is 18.7 Å². The Kier molecular flexibility index (Phi) is 7.62.